The summed E-state index contributed by atoms with van der Waals surface area (Å²) < 4.78 is 5.11. The van der Waals surface area contributed by atoms with E-state index in [1.165, 1.54) is 0 Å². The zero-order valence-electron chi connectivity index (χ0n) is 9.89. The van der Waals surface area contributed by atoms with Gasteiger partial charge in [-0.3, -0.25) is 0 Å². The topological polar surface area (TPSA) is 48.1 Å². The van der Waals surface area contributed by atoms with Crippen LogP contribution in [-0.2, 0) is 5.75 Å². The number of nitrogens with two attached hydrogens (primary N) is 1. The quantitative estimate of drug-likeness (QED) is 0.869. The second kappa shape index (κ2) is 5.98. The second-order valence-electron chi connectivity index (χ2n) is 3.63. The average molecular weight is 281 g/mol. The molecular formula is C13H13ClN2OS. The van der Waals surface area contributed by atoms with Crippen LogP contribution in [0.15, 0.2) is 41.3 Å². The lowest BCUT2D eigenvalue weighted by Gasteiger charge is -2.05. The number of anilines is 1. The predicted molar refractivity (Wildman–Crippen MR) is 76.2 cm³/mol. The smallest absolute Gasteiger partial charge is 0.123 e. The summed E-state index contributed by atoms with van der Waals surface area (Å²) in [6.45, 7) is 0. The molecule has 1 heterocycles. The summed E-state index contributed by atoms with van der Waals surface area (Å²) in [5.74, 6) is 2.03. The Bertz CT molecular complexity index is 531. The van der Waals surface area contributed by atoms with Crippen LogP contribution in [0, 0.1) is 0 Å². The Balaban J connectivity index is 2.04. The molecule has 94 valence electrons. The highest BCUT2D eigenvalue weighted by Crippen LogP contribution is 2.27. The Morgan fingerprint density at radius 1 is 1.22 bits per heavy atom. The molecule has 5 heteroatoms. The van der Waals surface area contributed by atoms with Crippen molar-refractivity contribution in [3.63, 3.8) is 0 Å². The Hall–Kier alpha value is -1.39. The van der Waals surface area contributed by atoms with Crippen LogP contribution in [0.25, 0.3) is 0 Å². The molecule has 2 aromatic rings. The predicted octanol–water partition coefficient (Wildman–Crippen LogP) is 3.62. The minimum absolute atomic E-state index is 0.490. The van der Waals surface area contributed by atoms with Crippen LogP contribution in [0.4, 0.5) is 5.82 Å². The summed E-state index contributed by atoms with van der Waals surface area (Å²) in [7, 11) is 1.65. The summed E-state index contributed by atoms with van der Waals surface area (Å²) in [4.78, 5) is 5.36. The van der Waals surface area contributed by atoms with E-state index in [-0.39, 0.29) is 0 Å². The molecule has 2 rings (SSSR count). The van der Waals surface area contributed by atoms with Gasteiger partial charge in [0.15, 0.2) is 0 Å². The first kappa shape index (κ1) is 13.1. The Labute approximate surface area is 115 Å². The largest absolute Gasteiger partial charge is 0.497 e. The van der Waals surface area contributed by atoms with Crippen LogP contribution in [0.5, 0.6) is 5.75 Å². The first-order valence-corrected chi connectivity index (χ1v) is 6.73. The second-order valence-corrected chi connectivity index (χ2v) is 5.08. The fraction of sp³-hybridized carbons (Fsp3) is 0.154. The maximum Gasteiger partial charge on any atom is 0.123 e. The van der Waals surface area contributed by atoms with E-state index < -0.39 is 0 Å². The fourth-order valence-electron chi connectivity index (χ4n) is 1.43. The molecule has 0 spiro atoms. The van der Waals surface area contributed by atoms with Gasteiger partial charge in [0.05, 0.1) is 17.8 Å². The molecule has 0 amide bonds. The highest BCUT2D eigenvalue weighted by Gasteiger charge is 2.04. The number of thioether (sulfide) groups is 1. The molecule has 1 aromatic carbocycles. The highest BCUT2D eigenvalue weighted by molar-refractivity contribution is 7.98. The zero-order valence-corrected chi connectivity index (χ0v) is 11.5. The molecule has 0 bridgehead atoms. The molecule has 0 unspecified atom stereocenters. The number of hydrogen-bond acceptors (Lipinski definition) is 4. The molecule has 0 saturated heterocycles. The van der Waals surface area contributed by atoms with E-state index in [0.717, 1.165) is 16.3 Å². The molecule has 0 aliphatic rings. The molecule has 0 saturated carbocycles. The van der Waals surface area contributed by atoms with E-state index in [2.05, 4.69) is 4.98 Å². The number of hydrogen-bond donors (Lipinski definition) is 1. The highest BCUT2D eigenvalue weighted by atomic mass is 35.5. The van der Waals surface area contributed by atoms with Gasteiger partial charge in [-0.25, -0.2) is 4.98 Å². The summed E-state index contributed by atoms with van der Waals surface area (Å²) in [6, 6.07) is 11.3. The molecule has 0 aliphatic carbocycles. The first-order valence-electron chi connectivity index (χ1n) is 5.37. The number of nitrogen functional groups attached to an aromatic ring is 1. The van der Waals surface area contributed by atoms with Crippen molar-refractivity contribution in [3.8, 4) is 5.75 Å². The lowest BCUT2D eigenvalue weighted by Crippen LogP contribution is -1.95. The minimum atomic E-state index is 0.490. The number of halogens is 1. The minimum Gasteiger partial charge on any atom is -0.497 e. The molecule has 0 aliphatic heterocycles. The van der Waals surface area contributed by atoms with Gasteiger partial charge in [0.2, 0.25) is 0 Å². The van der Waals surface area contributed by atoms with Gasteiger partial charge in [0.25, 0.3) is 0 Å². The van der Waals surface area contributed by atoms with Gasteiger partial charge in [-0.15, -0.1) is 11.8 Å². The lowest BCUT2D eigenvalue weighted by atomic mass is 10.3. The lowest BCUT2D eigenvalue weighted by molar-refractivity contribution is 0.414. The number of benzene rings is 1. The van der Waals surface area contributed by atoms with Crippen molar-refractivity contribution in [2.45, 2.75) is 10.6 Å². The number of nitrogens with zero attached hydrogens (tertiary/aromatic N) is 1. The van der Waals surface area contributed by atoms with E-state index in [0.29, 0.717) is 16.6 Å². The van der Waals surface area contributed by atoms with E-state index >= 15 is 0 Å². The first-order chi connectivity index (χ1) is 8.69. The van der Waals surface area contributed by atoms with E-state index in [9.17, 15) is 0 Å². The molecule has 0 atom stereocenters. The number of rotatable bonds is 4. The summed E-state index contributed by atoms with van der Waals surface area (Å²) >= 11 is 7.72. The maximum atomic E-state index is 6.06. The monoisotopic (exact) mass is 280 g/mol. The Morgan fingerprint density at radius 3 is 2.61 bits per heavy atom. The molecule has 3 nitrogen and oxygen atoms in total. The van der Waals surface area contributed by atoms with E-state index in [1.54, 1.807) is 31.0 Å². The van der Waals surface area contributed by atoms with Crippen molar-refractivity contribution in [3.05, 3.63) is 47.1 Å². The van der Waals surface area contributed by atoms with E-state index in [4.69, 9.17) is 22.1 Å². The third kappa shape index (κ3) is 3.31. The maximum absolute atomic E-state index is 6.06. The summed E-state index contributed by atoms with van der Waals surface area (Å²) in [5.41, 5.74) is 6.44. The van der Waals surface area contributed by atoms with Gasteiger partial charge in [0, 0.05) is 10.6 Å². The van der Waals surface area contributed by atoms with Gasteiger partial charge in [-0.05, 0) is 36.4 Å². The van der Waals surface area contributed by atoms with Gasteiger partial charge in [0.1, 0.15) is 11.6 Å². The molecule has 1 aromatic heterocycles. The van der Waals surface area contributed by atoms with Crippen LogP contribution in [0.2, 0.25) is 5.02 Å². The standard InChI is InChI=1S/C13H13ClN2OS/c1-17-9-2-4-10(5-3-9)18-8-12-11(14)6-7-13(15)16-12/h2-7H,8H2,1H3,(H2,15,16). The number of aromatic nitrogens is 1. The molecule has 2 N–H and O–H groups in total. The Kier molecular flexibility index (Phi) is 4.33. The number of pyridine rings is 1. The van der Waals surface area contributed by atoms with Crippen molar-refractivity contribution >= 4 is 29.2 Å². The van der Waals surface area contributed by atoms with Crippen LogP contribution in [0.1, 0.15) is 5.69 Å². The third-order valence-electron chi connectivity index (χ3n) is 2.38. The number of methoxy groups -OCH3 is 1. The molecule has 0 fully saturated rings. The van der Waals surface area contributed by atoms with Gasteiger partial charge in [-0.2, -0.15) is 0 Å². The van der Waals surface area contributed by atoms with Gasteiger partial charge in [-0.1, -0.05) is 11.6 Å². The SMILES string of the molecule is COc1ccc(SCc2nc(N)ccc2Cl)cc1. The van der Waals surface area contributed by atoms with Crippen LogP contribution >= 0.6 is 23.4 Å². The van der Waals surface area contributed by atoms with Crippen molar-refractivity contribution < 1.29 is 4.74 Å². The number of ether oxygens (including phenoxy) is 1. The normalized spacial score (nSPS) is 10.3. The molecular weight excluding hydrogens is 268 g/mol. The molecule has 0 radical (unpaired) electrons. The van der Waals surface area contributed by atoms with Crippen molar-refractivity contribution in [2.75, 3.05) is 12.8 Å². The van der Waals surface area contributed by atoms with Crippen molar-refractivity contribution in [1.29, 1.82) is 0 Å². The van der Waals surface area contributed by atoms with Crippen LogP contribution in [-0.4, -0.2) is 12.1 Å². The fourth-order valence-corrected chi connectivity index (χ4v) is 2.53. The third-order valence-corrected chi connectivity index (χ3v) is 3.74. The zero-order chi connectivity index (χ0) is 13.0. The van der Waals surface area contributed by atoms with Crippen molar-refractivity contribution in [1.82, 2.24) is 4.98 Å². The Morgan fingerprint density at radius 2 is 1.94 bits per heavy atom. The summed E-state index contributed by atoms with van der Waals surface area (Å²) in [5, 5.41) is 0.644. The van der Waals surface area contributed by atoms with Crippen LogP contribution < -0.4 is 10.5 Å². The van der Waals surface area contributed by atoms with Crippen LogP contribution in [0.3, 0.4) is 0 Å². The van der Waals surface area contributed by atoms with Gasteiger partial charge < -0.3 is 10.5 Å². The van der Waals surface area contributed by atoms with Gasteiger partial charge >= 0.3 is 0 Å². The van der Waals surface area contributed by atoms with E-state index in [1.807, 2.05) is 24.3 Å². The summed E-state index contributed by atoms with van der Waals surface area (Å²) in [6.07, 6.45) is 0. The van der Waals surface area contributed by atoms with Crippen molar-refractivity contribution in [2.24, 2.45) is 0 Å². The average Bonchev–Trinajstić information content (AvgIpc) is 2.40. The molecule has 18 heavy (non-hydrogen) atoms.